The van der Waals surface area contributed by atoms with Crippen molar-refractivity contribution in [1.29, 1.82) is 0 Å². The lowest BCUT2D eigenvalue weighted by Gasteiger charge is -2.34. The van der Waals surface area contributed by atoms with E-state index in [2.05, 4.69) is 60.5 Å². The van der Waals surface area contributed by atoms with Crippen LogP contribution in [-0.2, 0) is 0 Å². The standard InChI is InChI=1S/C22H28N4/c1-6-16(3)25-13-7-8-20(14-25)26-18(5)21(17(4)23)22(24-26)19-11-9-15(2)10-12-19/h6,9-12,20H,1,3,5,7-8,13-14,23H2,2,4H3/b21-17-. The fourth-order valence-electron chi connectivity index (χ4n) is 3.64. The molecule has 1 atom stereocenters. The van der Waals surface area contributed by atoms with Crippen LogP contribution < -0.4 is 16.3 Å². The number of rotatable bonds is 4. The molecule has 0 saturated carbocycles. The van der Waals surface area contributed by atoms with Gasteiger partial charge in [0.2, 0.25) is 0 Å². The quantitative estimate of drug-likeness (QED) is 0.864. The predicted octanol–water partition coefficient (Wildman–Crippen LogP) is 2.69. The van der Waals surface area contributed by atoms with Gasteiger partial charge in [0, 0.05) is 35.3 Å². The van der Waals surface area contributed by atoms with Gasteiger partial charge in [0.1, 0.15) is 5.69 Å². The molecule has 1 aliphatic heterocycles. The average molecular weight is 348 g/mol. The lowest BCUT2D eigenvalue weighted by Crippen LogP contribution is -2.41. The van der Waals surface area contributed by atoms with Gasteiger partial charge >= 0.3 is 0 Å². The van der Waals surface area contributed by atoms with Crippen LogP contribution >= 0.6 is 0 Å². The number of allylic oxidation sites excluding steroid dienone is 1. The van der Waals surface area contributed by atoms with Crippen molar-refractivity contribution < 1.29 is 0 Å². The molecule has 0 spiro atoms. The van der Waals surface area contributed by atoms with E-state index in [1.165, 1.54) is 5.56 Å². The zero-order chi connectivity index (χ0) is 18.8. The summed E-state index contributed by atoms with van der Waals surface area (Å²) in [5.74, 6) is 0. The average Bonchev–Trinajstić information content (AvgIpc) is 2.99. The van der Waals surface area contributed by atoms with Crippen molar-refractivity contribution in [3.05, 3.63) is 65.3 Å². The molecule has 0 radical (unpaired) electrons. The third-order valence-electron chi connectivity index (χ3n) is 5.11. The molecule has 0 bridgehead atoms. The summed E-state index contributed by atoms with van der Waals surface area (Å²) >= 11 is 0. The van der Waals surface area contributed by atoms with Gasteiger partial charge in [-0.25, -0.2) is 0 Å². The van der Waals surface area contributed by atoms with Gasteiger partial charge in [-0.15, -0.1) is 0 Å². The highest BCUT2D eigenvalue weighted by Gasteiger charge is 2.24. The summed E-state index contributed by atoms with van der Waals surface area (Å²) < 4.78 is 2.06. The number of likely N-dealkylation sites (tertiary alicyclic amines) is 1. The van der Waals surface area contributed by atoms with E-state index in [1.54, 1.807) is 0 Å². The summed E-state index contributed by atoms with van der Waals surface area (Å²) in [4.78, 5) is 2.27. The Morgan fingerprint density at radius 2 is 2.00 bits per heavy atom. The van der Waals surface area contributed by atoms with Crippen molar-refractivity contribution in [3.8, 4) is 11.3 Å². The Morgan fingerprint density at radius 1 is 1.31 bits per heavy atom. The number of hydrogen-bond donors (Lipinski definition) is 1. The van der Waals surface area contributed by atoms with E-state index < -0.39 is 0 Å². The highest BCUT2D eigenvalue weighted by molar-refractivity contribution is 5.63. The fraction of sp³-hybridized carbons (Fsp3) is 0.318. The number of nitrogens with zero attached hydrogens (tertiary/aromatic N) is 3. The Hall–Kier alpha value is -2.75. The van der Waals surface area contributed by atoms with E-state index >= 15 is 0 Å². The zero-order valence-corrected chi connectivity index (χ0v) is 15.8. The molecule has 1 aromatic carbocycles. The second-order valence-corrected chi connectivity index (χ2v) is 7.10. The Labute approximate surface area is 155 Å². The van der Waals surface area contributed by atoms with Gasteiger partial charge in [0.25, 0.3) is 0 Å². The monoisotopic (exact) mass is 348 g/mol. The van der Waals surface area contributed by atoms with Crippen molar-refractivity contribution in [1.82, 2.24) is 14.7 Å². The Kier molecular flexibility index (Phi) is 5.03. The number of benzene rings is 1. The summed E-state index contributed by atoms with van der Waals surface area (Å²) in [5.41, 5.74) is 11.1. The van der Waals surface area contributed by atoms with Crippen molar-refractivity contribution in [2.24, 2.45) is 5.73 Å². The first-order valence-corrected chi connectivity index (χ1v) is 9.09. The largest absolute Gasteiger partial charge is 0.402 e. The van der Waals surface area contributed by atoms with Gasteiger partial charge in [-0.3, -0.25) is 4.68 Å². The minimum absolute atomic E-state index is 0.255. The first-order valence-electron chi connectivity index (χ1n) is 9.09. The molecule has 1 fully saturated rings. The number of hydrogen-bond acceptors (Lipinski definition) is 3. The molecule has 1 aromatic heterocycles. The molecule has 2 aromatic rings. The molecule has 4 heteroatoms. The second-order valence-electron chi connectivity index (χ2n) is 7.10. The Balaban J connectivity index is 2.07. The first kappa shape index (κ1) is 18.1. The normalized spacial score (nSPS) is 18.5. The number of aromatic nitrogens is 2. The number of nitrogens with two attached hydrogens (primary N) is 1. The van der Waals surface area contributed by atoms with Gasteiger partial charge in [0.05, 0.1) is 11.4 Å². The van der Waals surface area contributed by atoms with E-state index in [4.69, 9.17) is 10.8 Å². The van der Waals surface area contributed by atoms with E-state index in [-0.39, 0.29) is 6.04 Å². The molecule has 136 valence electrons. The molecule has 1 saturated heterocycles. The van der Waals surface area contributed by atoms with E-state index in [1.807, 2.05) is 13.0 Å². The van der Waals surface area contributed by atoms with Crippen LogP contribution in [0.4, 0.5) is 0 Å². The molecule has 26 heavy (non-hydrogen) atoms. The smallest absolute Gasteiger partial charge is 0.102 e. The molecule has 4 nitrogen and oxygen atoms in total. The van der Waals surface area contributed by atoms with Crippen molar-refractivity contribution in [2.75, 3.05) is 13.1 Å². The minimum atomic E-state index is 0.255. The summed E-state index contributed by atoms with van der Waals surface area (Å²) in [5, 5.41) is 6.78. The van der Waals surface area contributed by atoms with Crippen LogP contribution in [0.15, 0.2) is 49.2 Å². The predicted molar refractivity (Wildman–Crippen MR) is 110 cm³/mol. The molecule has 1 aliphatic rings. The first-order chi connectivity index (χ1) is 12.4. The second kappa shape index (κ2) is 7.24. The number of piperidine rings is 1. The van der Waals surface area contributed by atoms with Gasteiger partial charge in [-0.2, -0.15) is 5.10 Å². The molecular formula is C22H28N4. The van der Waals surface area contributed by atoms with E-state index in [9.17, 15) is 0 Å². The van der Waals surface area contributed by atoms with Crippen LogP contribution in [0.1, 0.15) is 31.4 Å². The third-order valence-corrected chi connectivity index (χ3v) is 5.11. The van der Waals surface area contributed by atoms with Crippen LogP contribution in [0.3, 0.4) is 0 Å². The third kappa shape index (κ3) is 3.32. The van der Waals surface area contributed by atoms with Crippen LogP contribution in [-0.4, -0.2) is 27.8 Å². The van der Waals surface area contributed by atoms with Gasteiger partial charge < -0.3 is 10.6 Å². The molecule has 3 rings (SSSR count). The summed E-state index contributed by atoms with van der Waals surface area (Å²) in [7, 11) is 0. The van der Waals surface area contributed by atoms with Gasteiger partial charge in [-0.1, -0.05) is 49.6 Å². The van der Waals surface area contributed by atoms with Crippen LogP contribution in [0.5, 0.6) is 0 Å². The molecule has 2 N–H and O–H groups in total. The topological polar surface area (TPSA) is 47.1 Å². The Bertz CT molecular complexity index is 930. The fourth-order valence-corrected chi connectivity index (χ4v) is 3.64. The minimum Gasteiger partial charge on any atom is -0.402 e. The van der Waals surface area contributed by atoms with Crippen LogP contribution in [0, 0.1) is 6.92 Å². The SMILES string of the molecule is C=CC(=C)N1CCCC(n2nc(-c3ccc(C)cc3)/c(=C(/C)N)c2=C)C1. The lowest BCUT2D eigenvalue weighted by atomic mass is 10.1. The zero-order valence-electron chi connectivity index (χ0n) is 15.8. The highest BCUT2D eigenvalue weighted by Crippen LogP contribution is 2.23. The molecular weight excluding hydrogens is 320 g/mol. The van der Waals surface area contributed by atoms with Crippen molar-refractivity contribution in [2.45, 2.75) is 32.7 Å². The lowest BCUT2D eigenvalue weighted by molar-refractivity contribution is 0.212. The molecule has 2 heterocycles. The molecule has 0 amide bonds. The summed E-state index contributed by atoms with van der Waals surface area (Å²) in [6.45, 7) is 18.1. The number of aryl methyl sites for hydroxylation is 1. The van der Waals surface area contributed by atoms with Crippen LogP contribution in [0.25, 0.3) is 23.5 Å². The maximum Gasteiger partial charge on any atom is 0.102 e. The van der Waals surface area contributed by atoms with E-state index in [0.29, 0.717) is 0 Å². The Morgan fingerprint density at radius 3 is 2.62 bits per heavy atom. The highest BCUT2D eigenvalue weighted by atomic mass is 15.3. The molecule has 1 unspecified atom stereocenters. The van der Waals surface area contributed by atoms with Gasteiger partial charge in [-0.05, 0) is 32.8 Å². The van der Waals surface area contributed by atoms with Crippen molar-refractivity contribution in [3.63, 3.8) is 0 Å². The maximum atomic E-state index is 6.21. The maximum absolute atomic E-state index is 6.21. The van der Waals surface area contributed by atoms with Crippen molar-refractivity contribution >= 4 is 12.3 Å². The van der Waals surface area contributed by atoms with E-state index in [0.717, 1.165) is 59.2 Å². The molecule has 0 aliphatic carbocycles. The summed E-state index contributed by atoms with van der Waals surface area (Å²) in [6, 6.07) is 8.65. The van der Waals surface area contributed by atoms with Gasteiger partial charge in [0.15, 0.2) is 0 Å². The van der Waals surface area contributed by atoms with Crippen LogP contribution in [0.2, 0.25) is 0 Å². The summed E-state index contributed by atoms with van der Waals surface area (Å²) in [6.07, 6.45) is 3.98.